The maximum Gasteiger partial charge on any atom is 0.131 e. The molecule has 2 aromatic rings. The molecule has 0 unspecified atom stereocenters. The van der Waals surface area contributed by atoms with Gasteiger partial charge in [0.25, 0.3) is 0 Å². The van der Waals surface area contributed by atoms with Gasteiger partial charge in [-0.2, -0.15) is 5.10 Å². The molecule has 0 spiro atoms. The molecule has 0 aliphatic rings. The third-order valence-electron chi connectivity index (χ3n) is 2.93. The van der Waals surface area contributed by atoms with E-state index >= 15 is 0 Å². The van der Waals surface area contributed by atoms with Crippen LogP contribution < -0.4 is 5.32 Å². The van der Waals surface area contributed by atoms with Crippen LogP contribution in [0.25, 0.3) is 0 Å². The summed E-state index contributed by atoms with van der Waals surface area (Å²) in [6, 6.07) is 5.83. The van der Waals surface area contributed by atoms with E-state index in [4.69, 9.17) is 23.2 Å². The fourth-order valence-electron chi connectivity index (χ4n) is 1.91. The molecule has 0 fully saturated rings. The van der Waals surface area contributed by atoms with Crippen LogP contribution in [0.4, 0.5) is 5.69 Å². The van der Waals surface area contributed by atoms with Crippen molar-refractivity contribution in [3.63, 3.8) is 0 Å². The van der Waals surface area contributed by atoms with Crippen LogP contribution in [-0.4, -0.2) is 9.78 Å². The molecule has 3 nitrogen and oxygen atoms in total. The first-order valence-corrected chi connectivity index (χ1v) is 6.43. The second-order valence-electron chi connectivity index (χ2n) is 4.26. The number of para-hydroxylation sites is 1. The predicted molar refractivity (Wildman–Crippen MR) is 76.5 cm³/mol. The van der Waals surface area contributed by atoms with Gasteiger partial charge in [-0.05, 0) is 25.5 Å². The van der Waals surface area contributed by atoms with Crippen molar-refractivity contribution in [1.82, 2.24) is 9.78 Å². The Kier molecular flexibility index (Phi) is 3.83. The average Bonchev–Trinajstić information content (AvgIpc) is 2.54. The standard InChI is InChI=1S/C13H15Cl2N3/c1-8-5-4-6-11(14)12(8)16-7-10-9(2)17-18(3)13(10)15/h4-6,16H,7H2,1-3H3. The zero-order valence-electron chi connectivity index (χ0n) is 10.6. The number of aryl methyl sites for hydroxylation is 3. The largest absolute Gasteiger partial charge is 0.379 e. The van der Waals surface area contributed by atoms with E-state index in [0.717, 1.165) is 22.5 Å². The first-order chi connectivity index (χ1) is 8.50. The molecule has 2 rings (SSSR count). The predicted octanol–water partition coefficient (Wildman–Crippen LogP) is 3.96. The Morgan fingerprint density at radius 2 is 2.00 bits per heavy atom. The molecular formula is C13H15Cl2N3. The van der Waals surface area contributed by atoms with E-state index in [1.807, 2.05) is 39.1 Å². The van der Waals surface area contributed by atoms with Crippen molar-refractivity contribution in [3.8, 4) is 0 Å². The SMILES string of the molecule is Cc1cccc(Cl)c1NCc1c(C)nn(C)c1Cl. The third-order valence-corrected chi connectivity index (χ3v) is 3.72. The Morgan fingerprint density at radius 1 is 1.28 bits per heavy atom. The molecule has 0 amide bonds. The quantitative estimate of drug-likeness (QED) is 0.924. The number of benzene rings is 1. The number of anilines is 1. The van der Waals surface area contributed by atoms with Gasteiger partial charge < -0.3 is 5.32 Å². The third kappa shape index (κ3) is 2.47. The first kappa shape index (κ1) is 13.2. The van der Waals surface area contributed by atoms with Crippen LogP contribution in [0.15, 0.2) is 18.2 Å². The molecule has 0 radical (unpaired) electrons. The highest BCUT2D eigenvalue weighted by atomic mass is 35.5. The molecule has 1 N–H and O–H groups in total. The van der Waals surface area contributed by atoms with Crippen molar-refractivity contribution < 1.29 is 0 Å². The minimum Gasteiger partial charge on any atom is -0.379 e. The lowest BCUT2D eigenvalue weighted by atomic mass is 10.2. The van der Waals surface area contributed by atoms with Gasteiger partial charge >= 0.3 is 0 Å². The van der Waals surface area contributed by atoms with E-state index in [2.05, 4.69) is 10.4 Å². The van der Waals surface area contributed by atoms with Crippen LogP contribution in [0.5, 0.6) is 0 Å². The second kappa shape index (κ2) is 5.21. The van der Waals surface area contributed by atoms with Gasteiger partial charge in [-0.25, -0.2) is 0 Å². The minimum atomic E-state index is 0.614. The number of halogens is 2. The molecule has 0 saturated carbocycles. The highest BCUT2D eigenvalue weighted by Gasteiger charge is 2.11. The van der Waals surface area contributed by atoms with Gasteiger partial charge in [0.05, 0.1) is 16.4 Å². The van der Waals surface area contributed by atoms with Gasteiger partial charge in [-0.1, -0.05) is 35.3 Å². The first-order valence-electron chi connectivity index (χ1n) is 5.67. The van der Waals surface area contributed by atoms with Gasteiger partial charge in [-0.3, -0.25) is 4.68 Å². The van der Waals surface area contributed by atoms with E-state index in [9.17, 15) is 0 Å². The Morgan fingerprint density at radius 3 is 2.56 bits per heavy atom. The van der Waals surface area contributed by atoms with Crippen molar-refractivity contribution in [2.24, 2.45) is 7.05 Å². The fraction of sp³-hybridized carbons (Fsp3) is 0.308. The Balaban J connectivity index is 2.22. The summed E-state index contributed by atoms with van der Waals surface area (Å²) in [5.41, 5.74) is 3.98. The zero-order valence-corrected chi connectivity index (χ0v) is 12.1. The van der Waals surface area contributed by atoms with Crippen molar-refractivity contribution in [1.29, 1.82) is 0 Å². The normalized spacial score (nSPS) is 10.7. The Bertz CT molecular complexity index is 556. The van der Waals surface area contributed by atoms with Crippen LogP contribution >= 0.6 is 23.2 Å². The topological polar surface area (TPSA) is 29.9 Å². The van der Waals surface area contributed by atoms with Crippen LogP contribution in [0.1, 0.15) is 16.8 Å². The zero-order chi connectivity index (χ0) is 13.3. The van der Waals surface area contributed by atoms with Gasteiger partial charge in [0.1, 0.15) is 5.15 Å². The molecule has 0 atom stereocenters. The summed E-state index contributed by atoms with van der Waals surface area (Å²) in [4.78, 5) is 0. The van der Waals surface area contributed by atoms with Crippen molar-refractivity contribution >= 4 is 28.9 Å². The minimum absolute atomic E-state index is 0.614. The number of hydrogen-bond acceptors (Lipinski definition) is 2. The van der Waals surface area contributed by atoms with Crippen LogP contribution in [0.2, 0.25) is 10.2 Å². The molecule has 1 aromatic carbocycles. The number of rotatable bonds is 3. The summed E-state index contributed by atoms with van der Waals surface area (Å²) in [5.74, 6) is 0. The molecular weight excluding hydrogens is 269 g/mol. The molecule has 0 saturated heterocycles. The van der Waals surface area contributed by atoms with Crippen LogP contribution in [0.3, 0.4) is 0 Å². The number of hydrogen-bond donors (Lipinski definition) is 1. The molecule has 0 aliphatic carbocycles. The molecule has 0 bridgehead atoms. The molecule has 96 valence electrons. The summed E-state index contributed by atoms with van der Waals surface area (Å²) in [7, 11) is 1.83. The second-order valence-corrected chi connectivity index (χ2v) is 5.03. The number of nitrogens with one attached hydrogen (secondary N) is 1. The van der Waals surface area contributed by atoms with Gasteiger partial charge in [0.2, 0.25) is 0 Å². The van der Waals surface area contributed by atoms with Crippen molar-refractivity contribution in [2.75, 3.05) is 5.32 Å². The highest BCUT2D eigenvalue weighted by Crippen LogP contribution is 2.27. The maximum atomic E-state index is 6.19. The van der Waals surface area contributed by atoms with E-state index in [0.29, 0.717) is 16.7 Å². The van der Waals surface area contributed by atoms with E-state index in [-0.39, 0.29) is 0 Å². The molecule has 18 heavy (non-hydrogen) atoms. The van der Waals surface area contributed by atoms with Gasteiger partial charge in [0, 0.05) is 19.2 Å². The average molecular weight is 284 g/mol. The van der Waals surface area contributed by atoms with E-state index in [1.165, 1.54) is 0 Å². The van der Waals surface area contributed by atoms with Crippen LogP contribution in [-0.2, 0) is 13.6 Å². The molecule has 5 heteroatoms. The molecule has 1 heterocycles. The van der Waals surface area contributed by atoms with E-state index in [1.54, 1.807) is 4.68 Å². The smallest absolute Gasteiger partial charge is 0.131 e. The summed E-state index contributed by atoms with van der Waals surface area (Å²) in [6.07, 6.45) is 0. The number of nitrogens with zero attached hydrogens (tertiary/aromatic N) is 2. The lowest BCUT2D eigenvalue weighted by molar-refractivity contribution is 0.757. The number of aromatic nitrogens is 2. The van der Waals surface area contributed by atoms with Crippen molar-refractivity contribution in [2.45, 2.75) is 20.4 Å². The van der Waals surface area contributed by atoms with Crippen LogP contribution in [0, 0.1) is 13.8 Å². The lowest BCUT2D eigenvalue weighted by Gasteiger charge is -2.11. The Hall–Kier alpha value is -1.19. The fourth-order valence-corrected chi connectivity index (χ4v) is 2.44. The molecule has 0 aliphatic heterocycles. The van der Waals surface area contributed by atoms with E-state index < -0.39 is 0 Å². The summed E-state index contributed by atoms with van der Waals surface area (Å²) < 4.78 is 1.67. The summed E-state index contributed by atoms with van der Waals surface area (Å²) >= 11 is 12.4. The summed E-state index contributed by atoms with van der Waals surface area (Å²) in [6.45, 7) is 4.58. The lowest BCUT2D eigenvalue weighted by Crippen LogP contribution is -2.03. The van der Waals surface area contributed by atoms with Gasteiger partial charge in [0.15, 0.2) is 0 Å². The molecule has 1 aromatic heterocycles. The van der Waals surface area contributed by atoms with Gasteiger partial charge in [-0.15, -0.1) is 0 Å². The monoisotopic (exact) mass is 283 g/mol. The van der Waals surface area contributed by atoms with Crippen molar-refractivity contribution in [3.05, 3.63) is 45.2 Å². The summed E-state index contributed by atoms with van der Waals surface area (Å²) in [5, 5.41) is 8.97. The Labute approximate surface area is 117 Å². The maximum absolute atomic E-state index is 6.19. The highest BCUT2D eigenvalue weighted by molar-refractivity contribution is 6.33.